The molecule has 0 aliphatic carbocycles. The Hall–Kier alpha value is -1.29. The molecular weight excluding hydrogens is 624 g/mol. The molecule has 4 heterocycles. The van der Waals surface area contributed by atoms with Crippen LogP contribution in [0.4, 0.5) is 0 Å². The van der Waals surface area contributed by atoms with E-state index in [-0.39, 0.29) is 0 Å². The van der Waals surface area contributed by atoms with Crippen LogP contribution in [0.2, 0.25) is 0 Å². The Morgan fingerprint density at radius 2 is 1.00 bits per heavy atom. The Kier molecular flexibility index (Phi) is 12.1. The van der Waals surface area contributed by atoms with Crippen LogP contribution in [0.3, 0.4) is 0 Å². The second-order valence-electron chi connectivity index (χ2n) is 11.2. The van der Waals surface area contributed by atoms with Gasteiger partial charge in [0.05, 0.1) is 19.3 Å². The maximum Gasteiger partial charge on any atom is 0.335 e. The second kappa shape index (κ2) is 14.9. The fourth-order valence-corrected chi connectivity index (χ4v) is 5.42. The molecule has 262 valence electrons. The molecule has 4 aliphatic heterocycles. The first-order chi connectivity index (χ1) is 21.1. The zero-order chi connectivity index (χ0) is 33.5. The first-order valence-corrected chi connectivity index (χ1v) is 14.0. The van der Waals surface area contributed by atoms with Crippen molar-refractivity contribution in [3.8, 4) is 0 Å². The predicted molar refractivity (Wildman–Crippen MR) is 133 cm³/mol. The van der Waals surface area contributed by atoms with Crippen LogP contribution in [0.5, 0.6) is 0 Å². The number of hydrogen-bond donors (Lipinski definition) is 13. The summed E-state index contributed by atoms with van der Waals surface area (Å²) in [5.41, 5.74) is 0. The highest BCUT2D eigenvalue weighted by Crippen LogP contribution is 2.35. The molecule has 0 amide bonds. The van der Waals surface area contributed by atoms with Crippen LogP contribution < -0.4 is 0 Å². The van der Waals surface area contributed by atoms with Crippen molar-refractivity contribution in [2.75, 3.05) is 13.2 Å². The fourth-order valence-electron chi connectivity index (χ4n) is 5.42. The van der Waals surface area contributed by atoms with Gasteiger partial charge >= 0.3 is 5.97 Å². The van der Waals surface area contributed by atoms with Gasteiger partial charge in [0.2, 0.25) is 0 Å². The van der Waals surface area contributed by atoms with Crippen molar-refractivity contribution in [3.63, 3.8) is 0 Å². The van der Waals surface area contributed by atoms with Crippen LogP contribution >= 0.6 is 0 Å². The molecule has 0 unspecified atom stereocenters. The minimum Gasteiger partial charge on any atom is -0.479 e. The maximum absolute atomic E-state index is 11.8. The molecule has 4 fully saturated rings. The van der Waals surface area contributed by atoms with E-state index in [0.717, 1.165) is 0 Å². The summed E-state index contributed by atoms with van der Waals surface area (Å²) in [7, 11) is 0. The molecule has 20 atom stereocenters. The summed E-state index contributed by atoms with van der Waals surface area (Å²) in [5, 5.41) is 133. The highest BCUT2D eigenvalue weighted by Gasteiger charge is 2.56. The zero-order valence-corrected chi connectivity index (χ0v) is 23.5. The molecular formula is C24H40O21. The van der Waals surface area contributed by atoms with E-state index < -0.39 is 142 Å². The summed E-state index contributed by atoms with van der Waals surface area (Å²) in [6.45, 7) is -0.461. The smallest absolute Gasteiger partial charge is 0.335 e. The molecule has 0 spiro atoms. The molecule has 0 aromatic heterocycles. The maximum atomic E-state index is 11.8. The molecule has 13 N–H and O–H groups in total. The van der Waals surface area contributed by atoms with Gasteiger partial charge < -0.3 is 99.5 Å². The Labute approximate surface area is 253 Å². The van der Waals surface area contributed by atoms with Gasteiger partial charge in [-0.3, -0.25) is 0 Å². The molecule has 0 saturated carbocycles. The van der Waals surface area contributed by atoms with Gasteiger partial charge in [0.15, 0.2) is 31.3 Å². The van der Waals surface area contributed by atoms with Crippen molar-refractivity contribution in [3.05, 3.63) is 0 Å². The highest BCUT2D eigenvalue weighted by atomic mass is 16.8. The van der Waals surface area contributed by atoms with E-state index in [1.165, 1.54) is 6.92 Å². The monoisotopic (exact) mass is 664 g/mol. The number of carboxylic acids is 1. The summed E-state index contributed by atoms with van der Waals surface area (Å²) in [4.78, 5) is 11.8. The average Bonchev–Trinajstić information content (AvgIpc) is 3.00. The van der Waals surface area contributed by atoms with Gasteiger partial charge in [0.1, 0.15) is 85.5 Å². The number of hydrogen-bond acceptors (Lipinski definition) is 20. The fraction of sp³-hybridized carbons (Fsp3) is 0.958. The molecule has 4 rings (SSSR count). The molecule has 21 nitrogen and oxygen atoms in total. The third kappa shape index (κ3) is 7.26. The van der Waals surface area contributed by atoms with E-state index in [0.29, 0.717) is 0 Å². The van der Waals surface area contributed by atoms with Gasteiger partial charge in [-0.15, -0.1) is 0 Å². The molecule has 0 bridgehead atoms. The van der Waals surface area contributed by atoms with Gasteiger partial charge in [0.25, 0.3) is 0 Å². The molecule has 4 saturated heterocycles. The van der Waals surface area contributed by atoms with Gasteiger partial charge in [-0.2, -0.15) is 0 Å². The van der Waals surface area contributed by atoms with Crippen LogP contribution in [0.25, 0.3) is 0 Å². The highest BCUT2D eigenvalue weighted by molar-refractivity contribution is 5.73. The topological polar surface area (TPSA) is 345 Å². The van der Waals surface area contributed by atoms with Gasteiger partial charge in [0, 0.05) is 0 Å². The van der Waals surface area contributed by atoms with Crippen LogP contribution in [-0.4, -0.2) is 208 Å². The minimum absolute atomic E-state index is 0.876. The van der Waals surface area contributed by atoms with Crippen LogP contribution in [0.1, 0.15) is 6.92 Å². The number of carbonyl (C=O) groups is 1. The lowest BCUT2D eigenvalue weighted by molar-refractivity contribution is -0.400. The zero-order valence-electron chi connectivity index (χ0n) is 23.5. The summed E-state index contributed by atoms with van der Waals surface area (Å²) in [6.07, 6.45) is -37.6. The van der Waals surface area contributed by atoms with Gasteiger partial charge in [-0.25, -0.2) is 4.79 Å². The van der Waals surface area contributed by atoms with E-state index in [1.807, 2.05) is 0 Å². The largest absolute Gasteiger partial charge is 0.479 e. The van der Waals surface area contributed by atoms with Crippen molar-refractivity contribution < 1.29 is 104 Å². The normalized spacial score (nSPS) is 52.8. The third-order valence-corrected chi connectivity index (χ3v) is 8.14. The number of aliphatic carboxylic acids is 1. The SMILES string of the molecule is C[C@@H]1O[C@@H](O[C@H]2[C@H](O[C@@H]3[C@@H](O[C@@H]4O[C@H](CO)[C@@H](O)[C@H](O)[C@H]4O)[C@H](O)[C@@H](C(=O)O)O[C@H]3O)O[C@H](CO)[C@H](O)[C@@H]2O)[C@H](O)[C@H](O)[C@H]1O. The first kappa shape index (κ1) is 36.5. The molecule has 4 aliphatic rings. The van der Waals surface area contributed by atoms with E-state index in [2.05, 4.69) is 0 Å². The number of ether oxygens (including phenoxy) is 7. The number of carboxylic acid groups (broad SMARTS) is 1. The molecule has 0 radical (unpaired) electrons. The number of aliphatic hydroxyl groups excluding tert-OH is 12. The van der Waals surface area contributed by atoms with E-state index in [4.69, 9.17) is 33.2 Å². The first-order valence-electron chi connectivity index (χ1n) is 14.0. The van der Waals surface area contributed by atoms with E-state index in [1.54, 1.807) is 0 Å². The third-order valence-electron chi connectivity index (χ3n) is 8.14. The van der Waals surface area contributed by atoms with Crippen LogP contribution in [0, 0.1) is 0 Å². The van der Waals surface area contributed by atoms with Crippen molar-refractivity contribution in [1.29, 1.82) is 0 Å². The Morgan fingerprint density at radius 1 is 0.533 bits per heavy atom. The average molecular weight is 665 g/mol. The predicted octanol–water partition coefficient (Wildman–Crippen LogP) is -8.63. The molecule has 0 aromatic rings. The van der Waals surface area contributed by atoms with E-state index >= 15 is 0 Å². The lowest BCUT2D eigenvalue weighted by Crippen LogP contribution is -2.68. The quantitative estimate of drug-likeness (QED) is 0.109. The summed E-state index contributed by atoms with van der Waals surface area (Å²) in [6, 6.07) is 0. The standard InChI is InChI=1S/C24H40O21/c1-4-7(27)10(30)13(33)22(39-4)44-18-12(32)9(29)6(3-26)41-24(18)45-19-16(15(35)17(20(36)37)42-21(19)38)43-23-14(34)11(31)8(28)5(2-25)40-23/h4-19,21-35,38H,2-3H2,1H3,(H,36,37)/t4-,5+,6+,7-,8+,9-,10+,11-,12-,13+,14+,15-,16-,17-,18+,19+,21+,22-,23-,24-/m0/s1. The summed E-state index contributed by atoms with van der Waals surface area (Å²) < 4.78 is 37.9. The molecule has 45 heavy (non-hydrogen) atoms. The summed E-state index contributed by atoms with van der Waals surface area (Å²) in [5.74, 6) is -1.78. The van der Waals surface area contributed by atoms with Gasteiger partial charge in [-0.1, -0.05) is 0 Å². The van der Waals surface area contributed by atoms with Crippen molar-refractivity contribution >= 4 is 5.97 Å². The van der Waals surface area contributed by atoms with E-state index in [9.17, 15) is 71.2 Å². The number of rotatable bonds is 9. The Morgan fingerprint density at radius 3 is 1.56 bits per heavy atom. The lowest BCUT2D eigenvalue weighted by atomic mass is 9.95. The van der Waals surface area contributed by atoms with Crippen molar-refractivity contribution in [2.24, 2.45) is 0 Å². The second-order valence-corrected chi connectivity index (χ2v) is 11.2. The van der Waals surface area contributed by atoms with Gasteiger partial charge in [-0.05, 0) is 6.92 Å². The Bertz CT molecular complexity index is 973. The molecule has 21 heteroatoms. The lowest BCUT2D eigenvalue weighted by Gasteiger charge is -2.49. The number of aliphatic hydroxyl groups is 12. The van der Waals surface area contributed by atoms with Crippen molar-refractivity contribution in [1.82, 2.24) is 0 Å². The summed E-state index contributed by atoms with van der Waals surface area (Å²) >= 11 is 0. The van der Waals surface area contributed by atoms with Crippen molar-refractivity contribution in [2.45, 2.75) is 130 Å². The Balaban J connectivity index is 1.63. The van der Waals surface area contributed by atoms with Crippen LogP contribution in [0.15, 0.2) is 0 Å². The van der Waals surface area contributed by atoms with Crippen LogP contribution in [-0.2, 0) is 38.0 Å². The molecule has 0 aromatic carbocycles. The minimum atomic E-state index is -2.29.